The molecule has 4 heteroatoms. The lowest BCUT2D eigenvalue weighted by atomic mass is 10.1. The van der Waals surface area contributed by atoms with Crippen molar-refractivity contribution in [3.63, 3.8) is 0 Å². The maximum Gasteiger partial charge on any atom is 0.338 e. The van der Waals surface area contributed by atoms with E-state index < -0.39 is 12.1 Å². The number of ketones is 1. The summed E-state index contributed by atoms with van der Waals surface area (Å²) in [5, 5.41) is 9.15. The molecule has 4 nitrogen and oxygen atoms in total. The number of carbonyl (C=O) groups excluding carboxylic acids is 2. The normalized spacial score (nSPS) is 11.7. The summed E-state index contributed by atoms with van der Waals surface area (Å²) in [7, 11) is 0. The van der Waals surface area contributed by atoms with Crippen molar-refractivity contribution in [3.05, 3.63) is 65.7 Å². The predicted molar refractivity (Wildman–Crippen MR) is 73.8 cm³/mol. The summed E-state index contributed by atoms with van der Waals surface area (Å²) < 4.78 is 5.12. The lowest BCUT2D eigenvalue weighted by Crippen LogP contribution is -2.24. The molecule has 0 aliphatic rings. The molecule has 0 bridgehead atoms. The molecule has 0 fully saturated rings. The first kappa shape index (κ1) is 13.8. The third kappa shape index (κ3) is 3.23. The predicted octanol–water partition coefficient (Wildman–Crippen LogP) is 2.82. The van der Waals surface area contributed by atoms with Gasteiger partial charge in [-0.15, -0.1) is 0 Å². The highest BCUT2D eigenvalue weighted by molar-refractivity contribution is 6.01. The lowest BCUT2D eigenvalue weighted by molar-refractivity contribution is 0.0319. The van der Waals surface area contributed by atoms with Crippen LogP contribution in [0.25, 0.3) is 0 Å². The molecule has 20 heavy (non-hydrogen) atoms. The summed E-state index contributed by atoms with van der Waals surface area (Å²) in [6.45, 7) is 1.54. The Labute approximate surface area is 116 Å². The fourth-order valence-electron chi connectivity index (χ4n) is 1.72. The smallest absolute Gasteiger partial charge is 0.338 e. The number of Topliss-reactive ketones (excluding diaryl/α,β-unsaturated/α-hetero) is 1. The third-order valence-electron chi connectivity index (χ3n) is 2.81. The maximum absolute atomic E-state index is 12.0. The highest BCUT2D eigenvalue weighted by Crippen LogP contribution is 2.13. The van der Waals surface area contributed by atoms with Crippen LogP contribution in [0.1, 0.15) is 27.6 Å². The number of ether oxygens (including phenoxy) is 1. The molecule has 0 heterocycles. The van der Waals surface area contributed by atoms with Gasteiger partial charge in [-0.25, -0.2) is 4.79 Å². The van der Waals surface area contributed by atoms with E-state index in [0.717, 1.165) is 0 Å². The van der Waals surface area contributed by atoms with Crippen molar-refractivity contribution in [2.75, 3.05) is 0 Å². The van der Waals surface area contributed by atoms with Crippen molar-refractivity contribution in [1.82, 2.24) is 0 Å². The van der Waals surface area contributed by atoms with Gasteiger partial charge in [-0.3, -0.25) is 4.79 Å². The van der Waals surface area contributed by atoms with Crippen LogP contribution in [0, 0.1) is 0 Å². The van der Waals surface area contributed by atoms with Crippen LogP contribution in [0.4, 0.5) is 0 Å². The van der Waals surface area contributed by atoms with Gasteiger partial charge in [0, 0.05) is 5.56 Å². The standard InChI is InChI=1S/C16H14O4/c1-11(15(18)12-5-3-2-4-6-12)20-16(19)13-7-9-14(17)10-8-13/h2-11,17H,1H3/t11-/m0/s1. The number of phenolic OH excluding ortho intramolecular Hbond substituents is 1. The van der Waals surface area contributed by atoms with Crippen molar-refractivity contribution < 1.29 is 19.4 Å². The molecular formula is C16H14O4. The molecule has 2 rings (SSSR count). The zero-order chi connectivity index (χ0) is 14.5. The molecule has 0 unspecified atom stereocenters. The third-order valence-corrected chi connectivity index (χ3v) is 2.81. The van der Waals surface area contributed by atoms with E-state index in [2.05, 4.69) is 0 Å². The first-order valence-corrected chi connectivity index (χ1v) is 6.17. The van der Waals surface area contributed by atoms with Gasteiger partial charge in [-0.05, 0) is 31.2 Å². The van der Waals surface area contributed by atoms with Gasteiger partial charge in [0.05, 0.1) is 5.56 Å². The Morgan fingerprint density at radius 1 is 0.950 bits per heavy atom. The van der Waals surface area contributed by atoms with Crippen LogP contribution < -0.4 is 0 Å². The maximum atomic E-state index is 12.0. The van der Waals surface area contributed by atoms with Gasteiger partial charge in [0.25, 0.3) is 0 Å². The van der Waals surface area contributed by atoms with E-state index in [9.17, 15) is 9.59 Å². The number of hydrogen-bond acceptors (Lipinski definition) is 4. The minimum atomic E-state index is -0.862. The van der Waals surface area contributed by atoms with Gasteiger partial charge in [-0.1, -0.05) is 30.3 Å². The number of aromatic hydroxyl groups is 1. The van der Waals surface area contributed by atoms with Crippen LogP contribution >= 0.6 is 0 Å². The molecule has 0 aromatic heterocycles. The van der Waals surface area contributed by atoms with Crippen LogP contribution in [0.3, 0.4) is 0 Å². The molecule has 0 spiro atoms. The number of benzene rings is 2. The fraction of sp³-hybridized carbons (Fsp3) is 0.125. The second-order valence-corrected chi connectivity index (χ2v) is 4.32. The average molecular weight is 270 g/mol. The van der Waals surface area contributed by atoms with E-state index in [0.29, 0.717) is 5.56 Å². The van der Waals surface area contributed by atoms with Gasteiger partial charge < -0.3 is 9.84 Å². The van der Waals surface area contributed by atoms with Gasteiger partial charge >= 0.3 is 5.97 Å². The minimum Gasteiger partial charge on any atom is -0.508 e. The molecule has 0 aliphatic carbocycles. The van der Waals surface area contributed by atoms with Gasteiger partial charge in [0.2, 0.25) is 5.78 Å². The highest BCUT2D eigenvalue weighted by Gasteiger charge is 2.20. The second kappa shape index (κ2) is 6.02. The molecule has 2 aromatic rings. The van der Waals surface area contributed by atoms with Crippen LogP contribution in [-0.4, -0.2) is 23.0 Å². The Balaban J connectivity index is 2.04. The van der Waals surface area contributed by atoms with Crippen LogP contribution in [-0.2, 0) is 4.74 Å². The highest BCUT2D eigenvalue weighted by atomic mass is 16.5. The van der Waals surface area contributed by atoms with E-state index in [4.69, 9.17) is 9.84 Å². The van der Waals surface area contributed by atoms with E-state index in [1.165, 1.54) is 31.2 Å². The number of rotatable bonds is 4. The van der Waals surface area contributed by atoms with Crippen molar-refractivity contribution in [2.24, 2.45) is 0 Å². The van der Waals surface area contributed by atoms with E-state index in [1.54, 1.807) is 24.3 Å². The van der Waals surface area contributed by atoms with Gasteiger partial charge in [0.15, 0.2) is 6.10 Å². The number of esters is 1. The summed E-state index contributed by atoms with van der Waals surface area (Å²) in [5.41, 5.74) is 0.786. The summed E-state index contributed by atoms with van der Waals surface area (Å²) in [6, 6.07) is 14.3. The molecule has 2 aromatic carbocycles. The van der Waals surface area contributed by atoms with Crippen molar-refractivity contribution >= 4 is 11.8 Å². The molecular weight excluding hydrogens is 256 g/mol. The summed E-state index contributed by atoms with van der Waals surface area (Å²) in [4.78, 5) is 23.9. The van der Waals surface area contributed by atoms with Crippen molar-refractivity contribution in [3.8, 4) is 5.75 Å². The number of carbonyl (C=O) groups is 2. The summed E-state index contributed by atoms with van der Waals surface area (Å²) in [6.07, 6.45) is -0.862. The Hall–Kier alpha value is -2.62. The molecule has 0 aliphatic heterocycles. The van der Waals surface area contributed by atoms with Crippen LogP contribution in [0.5, 0.6) is 5.75 Å². The molecule has 0 amide bonds. The number of phenols is 1. The van der Waals surface area contributed by atoms with Crippen LogP contribution in [0.15, 0.2) is 54.6 Å². The largest absolute Gasteiger partial charge is 0.508 e. The monoisotopic (exact) mass is 270 g/mol. The first-order valence-electron chi connectivity index (χ1n) is 6.17. The zero-order valence-corrected chi connectivity index (χ0v) is 10.9. The quantitative estimate of drug-likeness (QED) is 0.685. The molecule has 0 radical (unpaired) electrons. The topological polar surface area (TPSA) is 63.6 Å². The minimum absolute atomic E-state index is 0.0648. The van der Waals surface area contributed by atoms with Crippen molar-refractivity contribution in [2.45, 2.75) is 13.0 Å². The molecule has 0 saturated carbocycles. The Bertz CT molecular complexity index is 602. The van der Waals surface area contributed by atoms with Crippen molar-refractivity contribution in [1.29, 1.82) is 0 Å². The SMILES string of the molecule is C[C@H](OC(=O)c1ccc(O)cc1)C(=O)c1ccccc1. The molecule has 1 atom stereocenters. The number of hydrogen-bond donors (Lipinski definition) is 1. The second-order valence-electron chi connectivity index (χ2n) is 4.32. The Kier molecular flexibility index (Phi) is 4.15. The molecule has 1 N–H and O–H groups in total. The van der Waals surface area contributed by atoms with Gasteiger partial charge in [0.1, 0.15) is 5.75 Å². The lowest BCUT2D eigenvalue weighted by Gasteiger charge is -2.12. The van der Waals surface area contributed by atoms with Crippen LogP contribution in [0.2, 0.25) is 0 Å². The first-order chi connectivity index (χ1) is 9.58. The summed E-state index contributed by atoms with van der Waals surface area (Å²) in [5.74, 6) is -0.783. The Morgan fingerprint density at radius 2 is 1.55 bits per heavy atom. The Morgan fingerprint density at radius 3 is 2.15 bits per heavy atom. The van der Waals surface area contributed by atoms with E-state index in [1.807, 2.05) is 6.07 Å². The van der Waals surface area contributed by atoms with E-state index >= 15 is 0 Å². The molecule has 102 valence electrons. The zero-order valence-electron chi connectivity index (χ0n) is 10.9. The summed E-state index contributed by atoms with van der Waals surface area (Å²) >= 11 is 0. The van der Waals surface area contributed by atoms with Gasteiger partial charge in [-0.2, -0.15) is 0 Å². The average Bonchev–Trinajstić information content (AvgIpc) is 2.48. The van der Waals surface area contributed by atoms with E-state index in [-0.39, 0.29) is 17.1 Å². The molecule has 0 saturated heterocycles. The fourth-order valence-corrected chi connectivity index (χ4v) is 1.72.